The van der Waals surface area contributed by atoms with Crippen molar-refractivity contribution < 1.29 is 14.3 Å². The van der Waals surface area contributed by atoms with Crippen molar-refractivity contribution in [3.63, 3.8) is 0 Å². The van der Waals surface area contributed by atoms with Crippen LogP contribution in [0.1, 0.15) is 100 Å². The number of fused-ring (bicyclic) bond motifs is 10. The van der Waals surface area contributed by atoms with E-state index < -0.39 is 5.97 Å². The molecule has 0 aliphatic heterocycles. The Hall–Kier alpha value is -5.40. The summed E-state index contributed by atoms with van der Waals surface area (Å²) >= 11 is 4.91. The Balaban J connectivity index is 0.000000147. The number of carboxylic acid groups (broad SMARTS) is 1. The van der Waals surface area contributed by atoms with Gasteiger partial charge >= 0.3 is 5.97 Å². The fraction of sp³-hybridized carbons (Fsp3) is 0.395. The number of benzene rings is 2. The topological polar surface area (TPSA) is 191 Å². The van der Waals surface area contributed by atoms with Gasteiger partial charge in [0.15, 0.2) is 0 Å². The second-order valence-electron chi connectivity index (χ2n) is 17.2. The highest BCUT2D eigenvalue weighted by molar-refractivity contribution is 7.80. The molecular formula is C43H51N9O3S. The number of hydrogen-bond acceptors (Lipinski definition) is 8. The molecule has 0 spiro atoms. The molecule has 0 radical (unpaired) electrons. The van der Waals surface area contributed by atoms with Crippen molar-refractivity contribution in [2.45, 2.75) is 91.9 Å². The van der Waals surface area contributed by atoms with Gasteiger partial charge in [0.05, 0.1) is 40.7 Å². The van der Waals surface area contributed by atoms with Gasteiger partial charge in [-0.15, -0.1) is 10.2 Å². The molecular weight excluding hydrogens is 723 g/mol. The number of nitrogens with zero attached hydrogens (tertiary/aromatic N) is 4. The van der Waals surface area contributed by atoms with Crippen LogP contribution in [0.25, 0.3) is 56.0 Å². The van der Waals surface area contributed by atoms with E-state index in [4.69, 9.17) is 22.4 Å². The van der Waals surface area contributed by atoms with Gasteiger partial charge in [0.1, 0.15) is 0 Å². The van der Waals surface area contributed by atoms with Crippen molar-refractivity contribution in [1.82, 2.24) is 40.6 Å². The van der Waals surface area contributed by atoms with Gasteiger partial charge in [-0.3, -0.25) is 10.2 Å². The normalized spacial score (nSPS) is 14.7. The molecule has 0 fully saturated rings. The minimum Gasteiger partial charge on any atom is -0.478 e. The van der Waals surface area contributed by atoms with Crippen LogP contribution in [0.15, 0.2) is 53.2 Å². The Morgan fingerprint density at radius 1 is 0.821 bits per heavy atom. The number of aromatic amines is 4. The minimum absolute atomic E-state index is 0.0146. The minimum atomic E-state index is -0.900. The van der Waals surface area contributed by atoms with Crippen LogP contribution in [0.2, 0.25) is 0 Å². The number of aromatic nitrogens is 8. The molecule has 7 N–H and O–H groups in total. The number of carbonyl (C=O) groups is 1. The molecule has 2 aliphatic carbocycles. The van der Waals surface area contributed by atoms with Crippen LogP contribution >= 0.6 is 12.2 Å². The Morgan fingerprint density at radius 2 is 1.38 bits per heavy atom. The van der Waals surface area contributed by atoms with Crippen LogP contribution in [-0.4, -0.2) is 63.0 Å². The van der Waals surface area contributed by atoms with Gasteiger partial charge in [-0.25, -0.2) is 4.79 Å². The van der Waals surface area contributed by atoms with Crippen LogP contribution in [0, 0.1) is 11.8 Å². The molecule has 56 heavy (non-hydrogen) atoms. The molecule has 5 heterocycles. The Labute approximate surface area is 331 Å². The quantitative estimate of drug-likeness (QED) is 0.0858. The molecule has 0 bridgehead atoms. The van der Waals surface area contributed by atoms with Gasteiger partial charge in [-0.1, -0.05) is 67.6 Å². The highest BCUT2D eigenvalue weighted by atomic mass is 32.1. The predicted octanol–water partition coefficient (Wildman–Crippen LogP) is 9.09. The predicted molar refractivity (Wildman–Crippen MR) is 225 cm³/mol. The summed E-state index contributed by atoms with van der Waals surface area (Å²) in [5, 5.41) is 34.5. The second kappa shape index (κ2) is 14.9. The van der Waals surface area contributed by atoms with Crippen LogP contribution < -0.4 is 5.73 Å². The molecule has 0 saturated carbocycles. The van der Waals surface area contributed by atoms with Crippen molar-refractivity contribution >= 4 is 44.9 Å². The lowest BCUT2D eigenvalue weighted by atomic mass is 9.73. The van der Waals surface area contributed by atoms with Gasteiger partial charge in [-0.2, -0.15) is 10.2 Å². The third-order valence-corrected chi connectivity index (χ3v) is 10.9. The molecule has 0 saturated heterocycles. The highest BCUT2D eigenvalue weighted by Crippen LogP contribution is 2.47. The van der Waals surface area contributed by atoms with E-state index in [1.54, 1.807) is 12.1 Å². The molecule has 0 amide bonds. The first-order valence-electron chi connectivity index (χ1n) is 19.2. The summed E-state index contributed by atoms with van der Waals surface area (Å²) in [6.45, 7) is 18.1. The van der Waals surface area contributed by atoms with Gasteiger partial charge in [0, 0.05) is 56.3 Å². The van der Waals surface area contributed by atoms with Gasteiger partial charge in [0.25, 0.3) is 0 Å². The van der Waals surface area contributed by atoms with Gasteiger partial charge in [0.2, 0.25) is 11.8 Å². The van der Waals surface area contributed by atoms with Crippen LogP contribution in [0.5, 0.6) is 0 Å². The maximum Gasteiger partial charge on any atom is 0.335 e. The summed E-state index contributed by atoms with van der Waals surface area (Å²) in [4.78, 5) is 19.2. The number of thiocarbonyl (C=S) groups is 1. The van der Waals surface area contributed by atoms with E-state index >= 15 is 0 Å². The number of H-pyrrole nitrogens is 4. The Morgan fingerprint density at radius 3 is 1.88 bits per heavy atom. The molecule has 12 nitrogen and oxygen atoms in total. The summed E-state index contributed by atoms with van der Waals surface area (Å²) in [6.07, 6.45) is 7.44. The standard InChI is InChI=1S/C21H23N5O.C16H15N3O2.C6H13NS/c1-11(2)7-16-24-26-20(27-16)12-5-6-15-14(8-12)17-19(23-15)18-13(10-22-25-18)9-21(17,3)4;1-16(2)6-9-7-17-19-13(9)14-12(16)10-5-8(15(20)21)3-4-11(10)18-14;1-5(2)3-6(8)4-7/h5-6,8,10-11,23H,7,9H2,1-4H3,(H,22,25);3-5,7,18H,6H2,1-2H3,(H,17,19)(H,20,21);5H,3-4,7H2,1-2H3. The first kappa shape index (κ1) is 38.9. The fourth-order valence-corrected chi connectivity index (χ4v) is 8.56. The first-order chi connectivity index (χ1) is 26.6. The summed E-state index contributed by atoms with van der Waals surface area (Å²) in [5.41, 5.74) is 17.8. The maximum absolute atomic E-state index is 11.2. The smallest absolute Gasteiger partial charge is 0.335 e. The van der Waals surface area contributed by atoms with E-state index in [9.17, 15) is 9.90 Å². The van der Waals surface area contributed by atoms with Gasteiger partial charge < -0.3 is 25.2 Å². The van der Waals surface area contributed by atoms with E-state index in [-0.39, 0.29) is 10.8 Å². The molecule has 7 aromatic rings. The van der Waals surface area contributed by atoms with Crippen molar-refractivity contribution in [1.29, 1.82) is 0 Å². The molecule has 9 rings (SSSR count). The van der Waals surface area contributed by atoms with Gasteiger partial charge in [-0.05, 0) is 89.5 Å². The summed E-state index contributed by atoms with van der Waals surface area (Å²) < 4.78 is 5.90. The van der Waals surface area contributed by atoms with Crippen LogP contribution in [0.3, 0.4) is 0 Å². The number of rotatable bonds is 7. The third kappa shape index (κ3) is 7.45. The van der Waals surface area contributed by atoms with E-state index in [0.29, 0.717) is 35.7 Å². The maximum atomic E-state index is 11.2. The Bertz CT molecular complexity index is 2560. The number of hydrogen-bond donors (Lipinski definition) is 6. The number of aromatic carboxylic acids is 1. The van der Waals surface area contributed by atoms with E-state index in [1.165, 1.54) is 22.1 Å². The van der Waals surface area contributed by atoms with Crippen molar-refractivity contribution in [3.05, 3.63) is 82.5 Å². The molecule has 0 atom stereocenters. The van der Waals surface area contributed by atoms with E-state index in [1.807, 2.05) is 24.5 Å². The fourth-order valence-electron chi connectivity index (χ4n) is 8.22. The van der Waals surface area contributed by atoms with Crippen molar-refractivity contribution in [2.75, 3.05) is 6.54 Å². The SMILES string of the molecule is CC(C)CC(=S)CN.CC(C)Cc1nnc(-c2ccc3[nH]c4c(c3c2)C(C)(C)Cc2cn[nH]c2-4)o1.CC1(C)Cc2cn[nH]c2-c2[nH]c3ccc(C(=O)O)cc3c21. The number of nitrogens with one attached hydrogen (secondary N) is 4. The van der Waals surface area contributed by atoms with Crippen LogP contribution in [0.4, 0.5) is 0 Å². The number of carboxylic acids is 1. The first-order valence-corrected chi connectivity index (χ1v) is 19.6. The summed E-state index contributed by atoms with van der Waals surface area (Å²) in [6, 6.07) is 11.5. The van der Waals surface area contributed by atoms with E-state index in [0.717, 1.165) is 80.9 Å². The largest absolute Gasteiger partial charge is 0.478 e. The second-order valence-corrected chi connectivity index (χ2v) is 17.8. The zero-order valence-corrected chi connectivity index (χ0v) is 34.2. The zero-order valence-electron chi connectivity index (χ0n) is 33.3. The number of nitrogens with two attached hydrogens (primary N) is 1. The monoisotopic (exact) mass is 773 g/mol. The average Bonchev–Trinajstić information content (AvgIpc) is 3.96. The molecule has 292 valence electrons. The lowest BCUT2D eigenvalue weighted by Gasteiger charge is -2.30. The zero-order chi connectivity index (χ0) is 40.1. The molecule has 5 aromatic heterocycles. The summed E-state index contributed by atoms with van der Waals surface area (Å²) in [7, 11) is 0. The Kier molecular flexibility index (Phi) is 10.4. The van der Waals surface area contributed by atoms with E-state index in [2.05, 4.69) is 108 Å². The molecule has 0 unspecified atom stereocenters. The molecule has 2 aliphatic rings. The lowest BCUT2D eigenvalue weighted by molar-refractivity contribution is 0.0697. The molecule has 13 heteroatoms. The van der Waals surface area contributed by atoms with Crippen molar-refractivity contribution in [3.8, 4) is 34.2 Å². The van der Waals surface area contributed by atoms with Crippen LogP contribution in [-0.2, 0) is 30.1 Å². The third-order valence-electron chi connectivity index (χ3n) is 10.6. The summed E-state index contributed by atoms with van der Waals surface area (Å²) in [5.74, 6) is 1.52. The van der Waals surface area contributed by atoms with Crippen molar-refractivity contribution in [2.24, 2.45) is 17.6 Å². The molecule has 2 aromatic carbocycles. The highest BCUT2D eigenvalue weighted by Gasteiger charge is 2.37. The average molecular weight is 774 g/mol. The lowest BCUT2D eigenvalue weighted by Crippen LogP contribution is -2.24.